The van der Waals surface area contributed by atoms with Crippen molar-refractivity contribution in [2.45, 2.75) is 0 Å². The van der Waals surface area contributed by atoms with Crippen molar-refractivity contribution in [3.05, 3.63) is 20.3 Å². The van der Waals surface area contributed by atoms with E-state index in [9.17, 15) is 9.59 Å². The topological polar surface area (TPSA) is 53.2 Å². The van der Waals surface area contributed by atoms with Crippen LogP contribution in [0.2, 0.25) is 5.02 Å². The number of nitrogens with zero attached hydrogens (tertiary/aromatic N) is 1. The standard InChI is InChI=1S/C6H7ClN2O2S/c1-9(2)6(11)4-3(7)5(10)8-12-4/h1-2H3,(H,8,10). The van der Waals surface area contributed by atoms with Gasteiger partial charge in [-0.25, -0.2) is 0 Å². The van der Waals surface area contributed by atoms with Crippen LogP contribution in [-0.2, 0) is 0 Å². The Bertz CT molecular complexity index is 355. The second-order valence-corrected chi connectivity index (χ2v) is 3.57. The van der Waals surface area contributed by atoms with E-state index >= 15 is 0 Å². The molecule has 0 saturated heterocycles. The number of halogens is 1. The molecular weight excluding hydrogens is 200 g/mol. The van der Waals surface area contributed by atoms with Crippen molar-refractivity contribution in [2.24, 2.45) is 0 Å². The fourth-order valence-corrected chi connectivity index (χ4v) is 1.68. The molecule has 0 fully saturated rings. The van der Waals surface area contributed by atoms with Gasteiger partial charge < -0.3 is 4.90 Å². The van der Waals surface area contributed by atoms with Gasteiger partial charge in [0, 0.05) is 14.1 Å². The van der Waals surface area contributed by atoms with Gasteiger partial charge in [-0.15, -0.1) is 0 Å². The van der Waals surface area contributed by atoms with Crippen molar-refractivity contribution < 1.29 is 4.79 Å². The van der Waals surface area contributed by atoms with Gasteiger partial charge in [0.05, 0.1) is 0 Å². The lowest BCUT2D eigenvalue weighted by atomic mass is 10.4. The molecule has 1 amide bonds. The number of nitrogens with one attached hydrogen (secondary N) is 1. The smallest absolute Gasteiger partial charge is 0.277 e. The molecule has 0 radical (unpaired) electrons. The van der Waals surface area contributed by atoms with Crippen LogP contribution in [0.25, 0.3) is 0 Å². The number of carbonyl (C=O) groups excluding carboxylic acids is 1. The summed E-state index contributed by atoms with van der Waals surface area (Å²) in [7, 11) is 3.20. The van der Waals surface area contributed by atoms with Crippen LogP contribution in [-0.4, -0.2) is 29.3 Å². The first-order valence-corrected chi connectivity index (χ1v) is 4.32. The molecule has 0 aliphatic rings. The quantitative estimate of drug-likeness (QED) is 0.739. The summed E-state index contributed by atoms with van der Waals surface area (Å²) >= 11 is 6.52. The zero-order chi connectivity index (χ0) is 9.30. The lowest BCUT2D eigenvalue weighted by Gasteiger charge is -2.06. The molecule has 12 heavy (non-hydrogen) atoms. The van der Waals surface area contributed by atoms with Crippen LogP contribution in [0.5, 0.6) is 0 Å². The van der Waals surface area contributed by atoms with Crippen LogP contribution in [0.1, 0.15) is 9.67 Å². The van der Waals surface area contributed by atoms with Gasteiger partial charge in [0.2, 0.25) is 0 Å². The molecule has 0 saturated carbocycles. The number of hydrogen-bond donors (Lipinski definition) is 1. The van der Waals surface area contributed by atoms with Crippen molar-refractivity contribution in [1.82, 2.24) is 9.27 Å². The lowest BCUT2D eigenvalue weighted by Crippen LogP contribution is -2.21. The van der Waals surface area contributed by atoms with E-state index < -0.39 is 5.56 Å². The van der Waals surface area contributed by atoms with E-state index in [4.69, 9.17) is 11.6 Å². The van der Waals surface area contributed by atoms with Crippen LogP contribution in [0.3, 0.4) is 0 Å². The minimum atomic E-state index is -0.410. The third-order valence-corrected chi connectivity index (χ3v) is 2.59. The third kappa shape index (κ3) is 1.51. The fourth-order valence-electron chi connectivity index (χ4n) is 0.631. The number of carbonyl (C=O) groups is 1. The Kier molecular flexibility index (Phi) is 2.54. The molecule has 0 bridgehead atoms. The van der Waals surface area contributed by atoms with Crippen molar-refractivity contribution >= 4 is 29.0 Å². The van der Waals surface area contributed by atoms with E-state index in [1.807, 2.05) is 0 Å². The normalized spacial score (nSPS) is 9.92. The van der Waals surface area contributed by atoms with Crippen molar-refractivity contribution in [3.8, 4) is 0 Å². The predicted octanol–water partition coefficient (Wildman–Crippen LogP) is 0.792. The lowest BCUT2D eigenvalue weighted by molar-refractivity contribution is 0.0832. The minimum Gasteiger partial charge on any atom is -0.344 e. The predicted molar refractivity (Wildman–Crippen MR) is 48.0 cm³/mol. The van der Waals surface area contributed by atoms with Gasteiger partial charge in [-0.05, 0) is 0 Å². The molecule has 1 heterocycles. The average molecular weight is 207 g/mol. The zero-order valence-electron chi connectivity index (χ0n) is 6.55. The summed E-state index contributed by atoms with van der Waals surface area (Å²) in [4.78, 5) is 23.7. The molecular formula is C6H7ClN2O2S. The van der Waals surface area contributed by atoms with Gasteiger partial charge in [-0.3, -0.25) is 14.0 Å². The maximum atomic E-state index is 11.3. The highest BCUT2D eigenvalue weighted by Crippen LogP contribution is 2.15. The van der Waals surface area contributed by atoms with Crippen molar-refractivity contribution in [1.29, 1.82) is 0 Å². The Hall–Kier alpha value is -0.810. The van der Waals surface area contributed by atoms with Gasteiger partial charge in [-0.1, -0.05) is 23.1 Å². The van der Waals surface area contributed by atoms with Gasteiger partial charge in [0.15, 0.2) is 0 Å². The second-order valence-electron chi connectivity index (χ2n) is 2.38. The Morgan fingerprint density at radius 3 is 2.50 bits per heavy atom. The van der Waals surface area contributed by atoms with Crippen LogP contribution < -0.4 is 5.56 Å². The van der Waals surface area contributed by atoms with Gasteiger partial charge in [-0.2, -0.15) is 0 Å². The summed E-state index contributed by atoms with van der Waals surface area (Å²) in [6.45, 7) is 0. The maximum Gasteiger partial charge on any atom is 0.277 e. The fraction of sp³-hybridized carbons (Fsp3) is 0.333. The van der Waals surface area contributed by atoms with E-state index in [0.717, 1.165) is 11.5 Å². The number of rotatable bonds is 1. The molecule has 1 aromatic heterocycles. The van der Waals surface area contributed by atoms with E-state index in [-0.39, 0.29) is 15.8 Å². The first-order chi connectivity index (χ1) is 5.54. The average Bonchev–Trinajstić information content (AvgIpc) is 2.32. The molecule has 1 rings (SSSR count). The van der Waals surface area contributed by atoms with E-state index in [2.05, 4.69) is 4.37 Å². The first-order valence-electron chi connectivity index (χ1n) is 3.12. The molecule has 0 atom stereocenters. The Labute approximate surface area is 77.9 Å². The molecule has 66 valence electrons. The zero-order valence-corrected chi connectivity index (χ0v) is 8.12. The molecule has 4 nitrogen and oxygen atoms in total. The van der Waals surface area contributed by atoms with E-state index in [1.165, 1.54) is 4.90 Å². The Morgan fingerprint density at radius 2 is 2.17 bits per heavy atom. The van der Waals surface area contributed by atoms with Gasteiger partial charge >= 0.3 is 0 Å². The van der Waals surface area contributed by atoms with Crippen molar-refractivity contribution in [2.75, 3.05) is 14.1 Å². The molecule has 0 aliphatic heterocycles. The van der Waals surface area contributed by atoms with E-state index in [0.29, 0.717) is 0 Å². The highest BCUT2D eigenvalue weighted by atomic mass is 35.5. The first kappa shape index (κ1) is 9.28. The SMILES string of the molecule is CN(C)C(=O)c1s[nH]c(=O)c1Cl. The largest absolute Gasteiger partial charge is 0.344 e. The summed E-state index contributed by atoms with van der Waals surface area (Å²) in [6.07, 6.45) is 0. The number of amides is 1. The molecule has 1 N–H and O–H groups in total. The highest BCUT2D eigenvalue weighted by molar-refractivity contribution is 7.08. The summed E-state index contributed by atoms with van der Waals surface area (Å²) in [5.74, 6) is -0.261. The van der Waals surface area contributed by atoms with Crippen LogP contribution in [0, 0.1) is 0 Å². The van der Waals surface area contributed by atoms with Gasteiger partial charge in [0.1, 0.15) is 9.90 Å². The highest BCUT2D eigenvalue weighted by Gasteiger charge is 2.16. The third-order valence-electron chi connectivity index (χ3n) is 1.24. The molecule has 0 spiro atoms. The molecule has 1 aromatic rings. The summed E-state index contributed by atoms with van der Waals surface area (Å²) in [6, 6.07) is 0. The van der Waals surface area contributed by atoms with Crippen molar-refractivity contribution in [3.63, 3.8) is 0 Å². The van der Waals surface area contributed by atoms with E-state index in [1.54, 1.807) is 14.1 Å². The molecule has 0 unspecified atom stereocenters. The summed E-state index contributed by atoms with van der Waals surface area (Å²) in [5, 5.41) is -0.0290. The number of aromatic amines is 1. The van der Waals surface area contributed by atoms with Crippen LogP contribution in [0.4, 0.5) is 0 Å². The van der Waals surface area contributed by atoms with Crippen LogP contribution >= 0.6 is 23.1 Å². The minimum absolute atomic E-state index is 0.0290. The Balaban J connectivity index is 3.12. The number of aromatic nitrogens is 1. The monoisotopic (exact) mass is 206 g/mol. The van der Waals surface area contributed by atoms with Crippen LogP contribution in [0.15, 0.2) is 4.79 Å². The maximum absolute atomic E-state index is 11.3. The molecule has 0 aliphatic carbocycles. The molecule has 0 aromatic carbocycles. The molecule has 6 heteroatoms. The second kappa shape index (κ2) is 3.28. The number of H-pyrrole nitrogens is 1. The summed E-state index contributed by atoms with van der Waals surface area (Å²) < 4.78 is 2.38. The summed E-state index contributed by atoms with van der Waals surface area (Å²) in [5.41, 5.74) is -0.410. The number of hydrogen-bond acceptors (Lipinski definition) is 3. The Morgan fingerprint density at radius 1 is 1.58 bits per heavy atom. The van der Waals surface area contributed by atoms with Gasteiger partial charge in [0.25, 0.3) is 11.5 Å².